The van der Waals surface area contributed by atoms with Crippen LogP contribution in [0.4, 0.5) is 5.69 Å². The van der Waals surface area contributed by atoms with Crippen LogP contribution in [0.2, 0.25) is 0 Å². The van der Waals surface area contributed by atoms with Gasteiger partial charge >= 0.3 is 5.97 Å². The fraction of sp³-hybridized carbons (Fsp3) is 0.350. The van der Waals surface area contributed by atoms with Gasteiger partial charge in [0.25, 0.3) is 5.69 Å². The number of carboxylic acid groups (broad SMARTS) is 1. The molecule has 5 nitrogen and oxygen atoms in total. The summed E-state index contributed by atoms with van der Waals surface area (Å²) in [6.07, 6.45) is 8.17. The maximum absolute atomic E-state index is 11.3. The summed E-state index contributed by atoms with van der Waals surface area (Å²) < 4.78 is 0. The average Bonchev–Trinajstić information content (AvgIpc) is 2.45. The molecule has 0 aromatic heterocycles. The van der Waals surface area contributed by atoms with Gasteiger partial charge in [0, 0.05) is 17.2 Å². The molecule has 0 spiro atoms. The molecule has 0 atom stereocenters. The molecule has 0 unspecified atom stereocenters. The number of carbonyl (C=O) groups is 1. The van der Waals surface area contributed by atoms with Crippen LogP contribution in [0.1, 0.15) is 42.5 Å². The third-order valence-corrected chi connectivity index (χ3v) is 4.13. The maximum atomic E-state index is 11.3. The fourth-order valence-corrected chi connectivity index (χ4v) is 2.89. The molecule has 0 aliphatic heterocycles. The molecule has 5 heteroatoms. The molecule has 134 valence electrons. The van der Waals surface area contributed by atoms with Crippen molar-refractivity contribution < 1.29 is 14.8 Å². The van der Waals surface area contributed by atoms with Crippen molar-refractivity contribution in [3.8, 4) is 0 Å². The number of benzene rings is 1. The standard InChI is InChI=1S/C20H25NO4/c1-13(7-6-8-14(2)11-19(22)23)9-10-18-15(3)12-16(4)20(17(18)5)21(24)25/h6-8,11-12H,9-10H2,1-5H3,(H,22,23). The van der Waals surface area contributed by atoms with Gasteiger partial charge in [-0.05, 0) is 70.2 Å². The Morgan fingerprint density at radius 3 is 2.44 bits per heavy atom. The lowest BCUT2D eigenvalue weighted by Crippen LogP contribution is -2.02. The Morgan fingerprint density at radius 1 is 1.24 bits per heavy atom. The molecular formula is C20H25NO4. The molecule has 1 rings (SSSR count). The molecule has 0 saturated heterocycles. The minimum atomic E-state index is -0.963. The van der Waals surface area contributed by atoms with Crippen molar-refractivity contribution in [1.29, 1.82) is 0 Å². The third kappa shape index (κ3) is 6.03. The maximum Gasteiger partial charge on any atom is 0.328 e. The number of aryl methyl sites for hydroxylation is 2. The van der Waals surface area contributed by atoms with Crippen LogP contribution >= 0.6 is 0 Å². The van der Waals surface area contributed by atoms with E-state index in [-0.39, 0.29) is 10.6 Å². The summed E-state index contributed by atoms with van der Waals surface area (Å²) in [5.41, 5.74) is 5.53. The van der Waals surface area contributed by atoms with E-state index in [1.54, 1.807) is 19.9 Å². The first-order chi connectivity index (χ1) is 11.6. The number of allylic oxidation sites excluding steroid dienone is 5. The second-order valence-corrected chi connectivity index (χ2v) is 6.32. The van der Waals surface area contributed by atoms with Crippen LogP contribution in [0, 0.1) is 30.9 Å². The molecule has 0 saturated carbocycles. The Hall–Kier alpha value is -2.69. The van der Waals surface area contributed by atoms with Gasteiger partial charge < -0.3 is 5.11 Å². The van der Waals surface area contributed by atoms with Crippen molar-refractivity contribution >= 4 is 11.7 Å². The van der Waals surface area contributed by atoms with Crippen molar-refractivity contribution in [3.63, 3.8) is 0 Å². The smallest absolute Gasteiger partial charge is 0.328 e. The van der Waals surface area contributed by atoms with Crippen molar-refractivity contribution in [1.82, 2.24) is 0 Å². The molecule has 1 aromatic carbocycles. The summed E-state index contributed by atoms with van der Waals surface area (Å²) in [7, 11) is 0. The molecule has 0 aliphatic carbocycles. The Kier molecular flexibility index (Phi) is 7.30. The van der Waals surface area contributed by atoms with Gasteiger partial charge in [-0.2, -0.15) is 0 Å². The summed E-state index contributed by atoms with van der Waals surface area (Å²) in [6, 6.07) is 1.87. The highest BCUT2D eigenvalue weighted by Gasteiger charge is 2.19. The van der Waals surface area contributed by atoms with Gasteiger partial charge in [0.2, 0.25) is 0 Å². The van der Waals surface area contributed by atoms with Crippen LogP contribution in [0.3, 0.4) is 0 Å². The fourth-order valence-electron chi connectivity index (χ4n) is 2.89. The second kappa shape index (κ2) is 8.97. The van der Waals surface area contributed by atoms with Crippen LogP contribution in [0.5, 0.6) is 0 Å². The number of carboxylic acids is 1. The van der Waals surface area contributed by atoms with E-state index in [0.717, 1.165) is 41.2 Å². The van der Waals surface area contributed by atoms with Gasteiger partial charge in [-0.1, -0.05) is 23.8 Å². The first-order valence-corrected chi connectivity index (χ1v) is 8.12. The van der Waals surface area contributed by atoms with Crippen LogP contribution < -0.4 is 0 Å². The summed E-state index contributed by atoms with van der Waals surface area (Å²) in [5, 5.41) is 19.9. The summed E-state index contributed by atoms with van der Waals surface area (Å²) in [4.78, 5) is 21.5. The number of aliphatic carboxylic acids is 1. The number of nitro benzene ring substituents is 1. The molecule has 0 aliphatic rings. The van der Waals surface area contributed by atoms with Crippen LogP contribution in [0.25, 0.3) is 0 Å². The van der Waals surface area contributed by atoms with E-state index in [2.05, 4.69) is 0 Å². The molecule has 0 fully saturated rings. The Balaban J connectivity index is 2.89. The number of nitrogens with zero attached hydrogens (tertiary/aromatic N) is 1. The van der Waals surface area contributed by atoms with Crippen molar-refractivity contribution in [3.05, 3.63) is 73.9 Å². The second-order valence-electron chi connectivity index (χ2n) is 6.32. The lowest BCUT2D eigenvalue weighted by Gasteiger charge is -2.12. The lowest BCUT2D eigenvalue weighted by atomic mass is 9.93. The minimum Gasteiger partial charge on any atom is -0.478 e. The van der Waals surface area contributed by atoms with E-state index < -0.39 is 5.97 Å². The van der Waals surface area contributed by atoms with E-state index in [0.29, 0.717) is 11.1 Å². The predicted molar refractivity (Wildman–Crippen MR) is 99.9 cm³/mol. The highest BCUT2D eigenvalue weighted by molar-refractivity contribution is 5.81. The first kappa shape index (κ1) is 20.4. The zero-order chi connectivity index (χ0) is 19.1. The highest BCUT2D eigenvalue weighted by Crippen LogP contribution is 2.30. The Labute approximate surface area is 148 Å². The first-order valence-electron chi connectivity index (χ1n) is 8.12. The monoisotopic (exact) mass is 343 g/mol. The van der Waals surface area contributed by atoms with E-state index in [1.165, 1.54) is 0 Å². The Bertz CT molecular complexity index is 770. The molecule has 1 aromatic rings. The van der Waals surface area contributed by atoms with Crippen molar-refractivity contribution in [2.24, 2.45) is 0 Å². The van der Waals surface area contributed by atoms with Gasteiger partial charge in [0.05, 0.1) is 4.92 Å². The van der Waals surface area contributed by atoms with Gasteiger partial charge in [0.1, 0.15) is 0 Å². The number of hydrogen-bond donors (Lipinski definition) is 1. The van der Waals surface area contributed by atoms with Gasteiger partial charge in [-0.3, -0.25) is 10.1 Å². The highest BCUT2D eigenvalue weighted by atomic mass is 16.6. The Morgan fingerprint density at radius 2 is 1.88 bits per heavy atom. The van der Waals surface area contributed by atoms with E-state index in [9.17, 15) is 14.9 Å². The summed E-state index contributed by atoms with van der Waals surface area (Å²) >= 11 is 0. The number of rotatable bonds is 7. The summed E-state index contributed by atoms with van der Waals surface area (Å²) in [6.45, 7) is 9.29. The largest absolute Gasteiger partial charge is 0.478 e. The molecular weight excluding hydrogens is 318 g/mol. The van der Waals surface area contributed by atoms with Crippen LogP contribution in [-0.2, 0) is 11.2 Å². The lowest BCUT2D eigenvalue weighted by molar-refractivity contribution is -0.386. The topological polar surface area (TPSA) is 80.4 Å². The molecule has 1 N–H and O–H groups in total. The quantitative estimate of drug-likeness (QED) is 0.327. The summed E-state index contributed by atoms with van der Waals surface area (Å²) in [5.74, 6) is -0.963. The molecule has 0 heterocycles. The molecule has 0 amide bonds. The molecule has 0 radical (unpaired) electrons. The predicted octanol–water partition coefficient (Wildman–Crippen LogP) is 4.99. The van der Waals surface area contributed by atoms with E-state index >= 15 is 0 Å². The van der Waals surface area contributed by atoms with Crippen LogP contribution in [0.15, 0.2) is 41.5 Å². The third-order valence-electron chi connectivity index (χ3n) is 4.13. The number of hydrogen-bond acceptors (Lipinski definition) is 3. The molecule has 25 heavy (non-hydrogen) atoms. The molecule has 0 bridgehead atoms. The number of nitro groups is 1. The normalized spacial score (nSPS) is 12.7. The SMILES string of the molecule is CC(C=CC=C(C)CCc1c(C)cc(C)c([N+](=O)[O-])c1C)=CC(=O)O. The van der Waals surface area contributed by atoms with E-state index in [4.69, 9.17) is 5.11 Å². The van der Waals surface area contributed by atoms with Gasteiger partial charge in [-0.15, -0.1) is 0 Å². The van der Waals surface area contributed by atoms with Gasteiger partial charge in [-0.25, -0.2) is 4.79 Å². The zero-order valence-corrected chi connectivity index (χ0v) is 15.4. The van der Waals surface area contributed by atoms with Crippen molar-refractivity contribution in [2.45, 2.75) is 47.5 Å². The van der Waals surface area contributed by atoms with Gasteiger partial charge in [0.15, 0.2) is 0 Å². The van der Waals surface area contributed by atoms with Crippen molar-refractivity contribution in [2.75, 3.05) is 0 Å². The van der Waals surface area contributed by atoms with Crippen LogP contribution in [-0.4, -0.2) is 16.0 Å². The average molecular weight is 343 g/mol. The zero-order valence-electron chi connectivity index (χ0n) is 15.4. The minimum absolute atomic E-state index is 0.205. The van der Waals surface area contributed by atoms with E-state index in [1.807, 2.05) is 39.0 Å².